The molecular formula is C21H26N4O2. The number of nitrogens with zero attached hydrogens (tertiary/aromatic N) is 1. The number of nitrogens with two attached hydrogens (primary N) is 1. The highest BCUT2D eigenvalue weighted by Gasteiger charge is 2.13. The van der Waals surface area contributed by atoms with Crippen LogP contribution in [0.4, 0.5) is 5.69 Å². The minimum Gasteiger partial charge on any atom is -0.497 e. The Morgan fingerprint density at radius 3 is 2.70 bits per heavy atom. The fraction of sp³-hybridized carbons (Fsp3) is 0.333. The molecule has 0 fully saturated rings. The molecule has 0 unspecified atom stereocenters. The molecule has 6 heteroatoms. The largest absolute Gasteiger partial charge is 0.497 e. The first kappa shape index (κ1) is 18.8. The van der Waals surface area contributed by atoms with Gasteiger partial charge in [-0.15, -0.1) is 0 Å². The molecule has 1 amide bonds. The van der Waals surface area contributed by atoms with E-state index in [0.29, 0.717) is 6.54 Å². The predicted octanol–water partition coefficient (Wildman–Crippen LogP) is 2.62. The fourth-order valence-electron chi connectivity index (χ4n) is 3.23. The van der Waals surface area contributed by atoms with E-state index in [2.05, 4.69) is 21.7 Å². The number of fused-ring (bicyclic) bond motifs is 1. The van der Waals surface area contributed by atoms with Gasteiger partial charge in [0.2, 0.25) is 5.91 Å². The number of ether oxygens (including phenoxy) is 1. The van der Waals surface area contributed by atoms with Crippen molar-refractivity contribution in [3.8, 4) is 5.75 Å². The molecule has 0 aromatic heterocycles. The minimum absolute atomic E-state index is 0.00991. The number of hydrogen-bond donors (Lipinski definition) is 3. The number of rotatable bonds is 6. The SMILES string of the molecule is COc1ccc(CNC(=O)CN=C(N)Nc2cccc3c2CCCC3)cc1. The molecule has 0 radical (unpaired) electrons. The van der Waals surface area contributed by atoms with Crippen molar-refractivity contribution in [3.63, 3.8) is 0 Å². The lowest BCUT2D eigenvalue weighted by molar-refractivity contribution is -0.119. The van der Waals surface area contributed by atoms with Gasteiger partial charge in [0, 0.05) is 12.2 Å². The number of aryl methyl sites for hydroxylation is 1. The van der Waals surface area contributed by atoms with Crippen LogP contribution in [0.25, 0.3) is 0 Å². The Morgan fingerprint density at radius 2 is 1.93 bits per heavy atom. The van der Waals surface area contributed by atoms with Gasteiger partial charge >= 0.3 is 0 Å². The third-order valence-electron chi connectivity index (χ3n) is 4.70. The van der Waals surface area contributed by atoms with Gasteiger partial charge < -0.3 is 21.1 Å². The molecule has 1 aliphatic carbocycles. The first-order chi connectivity index (χ1) is 13.2. The number of carbonyl (C=O) groups excluding carboxylic acids is 1. The third-order valence-corrected chi connectivity index (χ3v) is 4.70. The average Bonchev–Trinajstić information content (AvgIpc) is 2.71. The van der Waals surface area contributed by atoms with Crippen molar-refractivity contribution in [2.75, 3.05) is 19.0 Å². The van der Waals surface area contributed by atoms with E-state index in [1.165, 1.54) is 24.0 Å². The van der Waals surface area contributed by atoms with Crippen LogP contribution < -0.4 is 21.1 Å². The van der Waals surface area contributed by atoms with Crippen molar-refractivity contribution in [2.24, 2.45) is 10.7 Å². The molecule has 1 aliphatic rings. The highest BCUT2D eigenvalue weighted by atomic mass is 16.5. The van der Waals surface area contributed by atoms with Gasteiger partial charge in [-0.25, -0.2) is 4.99 Å². The Labute approximate surface area is 159 Å². The van der Waals surface area contributed by atoms with Crippen LogP contribution in [0.1, 0.15) is 29.5 Å². The average molecular weight is 366 g/mol. The van der Waals surface area contributed by atoms with Crippen molar-refractivity contribution in [3.05, 3.63) is 59.2 Å². The molecule has 2 aromatic rings. The van der Waals surface area contributed by atoms with Crippen molar-refractivity contribution >= 4 is 17.6 Å². The molecular weight excluding hydrogens is 340 g/mol. The zero-order valence-corrected chi connectivity index (χ0v) is 15.6. The van der Waals surface area contributed by atoms with E-state index in [0.717, 1.165) is 29.8 Å². The van der Waals surface area contributed by atoms with Crippen LogP contribution in [-0.4, -0.2) is 25.5 Å². The maximum absolute atomic E-state index is 12.0. The molecule has 0 saturated carbocycles. The number of methoxy groups -OCH3 is 1. The van der Waals surface area contributed by atoms with E-state index in [4.69, 9.17) is 10.5 Å². The van der Waals surface area contributed by atoms with E-state index in [1.807, 2.05) is 36.4 Å². The molecule has 6 nitrogen and oxygen atoms in total. The Kier molecular flexibility index (Phi) is 6.30. The molecule has 2 aromatic carbocycles. The molecule has 142 valence electrons. The van der Waals surface area contributed by atoms with Gasteiger partial charge in [0.25, 0.3) is 0 Å². The van der Waals surface area contributed by atoms with Crippen LogP contribution in [-0.2, 0) is 24.2 Å². The Hall–Kier alpha value is -3.02. The maximum Gasteiger partial charge on any atom is 0.242 e. The maximum atomic E-state index is 12.0. The number of guanidine groups is 1. The number of benzene rings is 2. The molecule has 3 rings (SSSR count). The summed E-state index contributed by atoms with van der Waals surface area (Å²) in [4.78, 5) is 16.2. The van der Waals surface area contributed by atoms with E-state index < -0.39 is 0 Å². The van der Waals surface area contributed by atoms with Crippen LogP contribution in [0, 0.1) is 0 Å². The summed E-state index contributed by atoms with van der Waals surface area (Å²) in [7, 11) is 1.62. The third kappa shape index (κ3) is 5.23. The zero-order valence-electron chi connectivity index (χ0n) is 15.6. The molecule has 0 bridgehead atoms. The molecule has 0 saturated heterocycles. The predicted molar refractivity (Wildman–Crippen MR) is 108 cm³/mol. The summed E-state index contributed by atoms with van der Waals surface area (Å²) in [6, 6.07) is 13.8. The van der Waals surface area contributed by atoms with Crippen molar-refractivity contribution in [1.82, 2.24) is 5.32 Å². The summed E-state index contributed by atoms with van der Waals surface area (Å²) in [5, 5.41) is 5.98. The summed E-state index contributed by atoms with van der Waals surface area (Å²) in [5.74, 6) is 0.871. The molecule has 0 spiro atoms. The van der Waals surface area contributed by atoms with Crippen molar-refractivity contribution < 1.29 is 9.53 Å². The zero-order chi connectivity index (χ0) is 19.1. The highest BCUT2D eigenvalue weighted by Crippen LogP contribution is 2.27. The number of amides is 1. The van der Waals surface area contributed by atoms with E-state index in [1.54, 1.807) is 7.11 Å². The number of carbonyl (C=O) groups is 1. The lowest BCUT2D eigenvalue weighted by Gasteiger charge is -2.19. The monoisotopic (exact) mass is 366 g/mol. The summed E-state index contributed by atoms with van der Waals surface area (Å²) in [6.45, 7) is 0.432. The van der Waals surface area contributed by atoms with E-state index in [-0.39, 0.29) is 18.4 Å². The first-order valence-corrected chi connectivity index (χ1v) is 9.23. The minimum atomic E-state index is -0.175. The molecule has 27 heavy (non-hydrogen) atoms. The molecule has 0 aliphatic heterocycles. The second-order valence-corrected chi connectivity index (χ2v) is 6.60. The topological polar surface area (TPSA) is 88.7 Å². The van der Waals surface area contributed by atoms with Crippen LogP contribution in [0.5, 0.6) is 5.75 Å². The van der Waals surface area contributed by atoms with Gasteiger partial charge in [0.15, 0.2) is 5.96 Å². The lowest BCUT2D eigenvalue weighted by atomic mass is 9.90. The molecule has 0 heterocycles. The van der Waals surface area contributed by atoms with Gasteiger partial charge in [-0.05, 0) is 60.6 Å². The lowest BCUT2D eigenvalue weighted by Crippen LogP contribution is -2.29. The van der Waals surface area contributed by atoms with Gasteiger partial charge in [-0.2, -0.15) is 0 Å². The summed E-state index contributed by atoms with van der Waals surface area (Å²) in [6.07, 6.45) is 4.58. The highest BCUT2D eigenvalue weighted by molar-refractivity contribution is 5.94. The molecule has 4 N–H and O–H groups in total. The van der Waals surface area contributed by atoms with Gasteiger partial charge in [-0.3, -0.25) is 4.79 Å². The molecule has 0 atom stereocenters. The number of hydrogen-bond acceptors (Lipinski definition) is 3. The second kappa shape index (κ2) is 9.07. The normalized spacial score (nSPS) is 13.6. The van der Waals surface area contributed by atoms with Gasteiger partial charge in [-0.1, -0.05) is 24.3 Å². The Bertz CT molecular complexity index is 815. The Balaban J connectivity index is 1.50. The number of aliphatic imine (C=N–C) groups is 1. The number of anilines is 1. The van der Waals surface area contributed by atoms with Crippen LogP contribution in [0.15, 0.2) is 47.5 Å². The quantitative estimate of drug-likeness (QED) is 0.542. The second-order valence-electron chi connectivity index (χ2n) is 6.60. The van der Waals surface area contributed by atoms with Crippen molar-refractivity contribution in [2.45, 2.75) is 32.2 Å². The van der Waals surface area contributed by atoms with Gasteiger partial charge in [0.1, 0.15) is 12.3 Å². The van der Waals surface area contributed by atoms with Gasteiger partial charge in [0.05, 0.1) is 7.11 Å². The number of nitrogens with one attached hydrogen (secondary N) is 2. The standard InChI is InChI=1S/C21H26N4O2/c1-27-17-11-9-15(10-12-17)13-23-20(26)14-24-21(22)25-19-8-4-6-16-5-2-3-7-18(16)19/h4,6,8-12H,2-3,5,7,13-14H2,1H3,(H,23,26)(H3,22,24,25). The summed E-state index contributed by atoms with van der Waals surface area (Å²) >= 11 is 0. The van der Waals surface area contributed by atoms with Crippen LogP contribution in [0.3, 0.4) is 0 Å². The van der Waals surface area contributed by atoms with Crippen molar-refractivity contribution in [1.29, 1.82) is 0 Å². The fourth-order valence-corrected chi connectivity index (χ4v) is 3.23. The van der Waals surface area contributed by atoms with E-state index >= 15 is 0 Å². The van der Waals surface area contributed by atoms with E-state index in [9.17, 15) is 4.79 Å². The van der Waals surface area contributed by atoms with Crippen LogP contribution in [0.2, 0.25) is 0 Å². The summed E-state index contributed by atoms with van der Waals surface area (Å²) < 4.78 is 5.12. The summed E-state index contributed by atoms with van der Waals surface area (Å²) in [5.41, 5.74) is 10.6. The smallest absolute Gasteiger partial charge is 0.242 e. The van der Waals surface area contributed by atoms with Crippen LogP contribution >= 0.6 is 0 Å². The Morgan fingerprint density at radius 1 is 1.15 bits per heavy atom. The first-order valence-electron chi connectivity index (χ1n) is 9.23.